The maximum absolute atomic E-state index is 13.4. The molecule has 12 heteroatoms. The second-order valence-electron chi connectivity index (χ2n) is 6.32. The van der Waals surface area contributed by atoms with Crippen molar-refractivity contribution in [2.75, 3.05) is 5.32 Å². The Morgan fingerprint density at radius 2 is 1.70 bits per heavy atom. The van der Waals surface area contributed by atoms with E-state index in [0.717, 1.165) is 12.1 Å². The average molecular weight is 396 g/mol. The molecule has 0 aliphatic rings. The topological polar surface area (TPSA) is 69.0 Å². The molecule has 2 aromatic heterocycles. The number of anilines is 1. The maximum atomic E-state index is 13.4. The highest BCUT2D eigenvalue weighted by Crippen LogP contribution is 2.37. The highest BCUT2D eigenvalue weighted by molar-refractivity contribution is 5.85. The Morgan fingerprint density at radius 1 is 1.07 bits per heavy atom. The molecule has 2 heterocycles. The second-order valence-corrected chi connectivity index (χ2v) is 6.32. The van der Waals surface area contributed by atoms with E-state index in [9.17, 15) is 31.1 Å². The van der Waals surface area contributed by atoms with E-state index in [-0.39, 0.29) is 4.68 Å². The highest BCUT2D eigenvalue weighted by atomic mass is 19.4. The third-order valence-electron chi connectivity index (χ3n) is 2.92. The summed E-state index contributed by atoms with van der Waals surface area (Å²) in [7, 11) is 0. The number of hydrogen-bond donors (Lipinski definition) is 1. The largest absolute Gasteiger partial charge is 0.444 e. The van der Waals surface area contributed by atoms with Crippen molar-refractivity contribution in [3.05, 3.63) is 35.8 Å². The second kappa shape index (κ2) is 6.74. The summed E-state index contributed by atoms with van der Waals surface area (Å²) >= 11 is 0. The van der Waals surface area contributed by atoms with Crippen molar-refractivity contribution in [1.82, 2.24) is 14.8 Å². The van der Waals surface area contributed by atoms with Crippen LogP contribution in [0.15, 0.2) is 24.4 Å². The van der Waals surface area contributed by atoms with Crippen LogP contribution in [0, 0.1) is 0 Å². The van der Waals surface area contributed by atoms with Gasteiger partial charge in [-0.3, -0.25) is 5.32 Å². The standard InChI is InChI=1S/C15H14F6N4O2/c1-13(2,3)27-12(26)23-8-7-22-25(11(8)15(19,20)21)10-6-4-5-9(24-10)14(16,17)18/h4-7H,1-3H3,(H,23,26). The van der Waals surface area contributed by atoms with Crippen molar-refractivity contribution in [1.29, 1.82) is 0 Å². The Hall–Kier alpha value is -2.79. The zero-order valence-electron chi connectivity index (χ0n) is 14.2. The smallest absolute Gasteiger partial charge is 0.435 e. The number of carbonyl (C=O) groups excluding carboxylic acids is 1. The lowest BCUT2D eigenvalue weighted by Gasteiger charge is -2.20. The summed E-state index contributed by atoms with van der Waals surface area (Å²) in [5.74, 6) is -0.714. The fraction of sp³-hybridized carbons (Fsp3) is 0.400. The van der Waals surface area contributed by atoms with Gasteiger partial charge in [-0.05, 0) is 32.9 Å². The van der Waals surface area contributed by atoms with Crippen molar-refractivity contribution < 1.29 is 35.9 Å². The van der Waals surface area contributed by atoms with Gasteiger partial charge < -0.3 is 4.74 Å². The van der Waals surface area contributed by atoms with Gasteiger partial charge in [-0.2, -0.15) is 31.4 Å². The molecule has 27 heavy (non-hydrogen) atoms. The number of alkyl halides is 6. The number of ether oxygens (including phenoxy) is 1. The van der Waals surface area contributed by atoms with E-state index in [0.29, 0.717) is 12.3 Å². The minimum atomic E-state index is -5.04. The van der Waals surface area contributed by atoms with Crippen LogP contribution in [0.5, 0.6) is 0 Å². The lowest BCUT2D eigenvalue weighted by atomic mass is 10.2. The minimum Gasteiger partial charge on any atom is -0.444 e. The van der Waals surface area contributed by atoms with E-state index in [1.165, 1.54) is 20.8 Å². The van der Waals surface area contributed by atoms with Gasteiger partial charge in [0.2, 0.25) is 0 Å². The molecule has 1 N–H and O–H groups in total. The Kier molecular flexibility index (Phi) is 5.12. The number of pyridine rings is 1. The molecule has 0 aliphatic carbocycles. The molecule has 0 saturated carbocycles. The molecule has 0 radical (unpaired) electrons. The van der Waals surface area contributed by atoms with Crippen molar-refractivity contribution in [3.8, 4) is 5.82 Å². The van der Waals surface area contributed by atoms with Crippen LogP contribution in [0.2, 0.25) is 0 Å². The number of nitrogens with one attached hydrogen (secondary N) is 1. The van der Waals surface area contributed by atoms with Gasteiger partial charge in [-0.15, -0.1) is 0 Å². The van der Waals surface area contributed by atoms with Crippen LogP contribution < -0.4 is 5.32 Å². The Balaban J connectivity index is 2.48. The normalized spacial score (nSPS) is 12.8. The molecule has 2 aromatic rings. The summed E-state index contributed by atoms with van der Waals surface area (Å²) < 4.78 is 83.7. The van der Waals surface area contributed by atoms with E-state index in [1.807, 2.05) is 5.32 Å². The van der Waals surface area contributed by atoms with E-state index >= 15 is 0 Å². The fourth-order valence-corrected chi connectivity index (χ4v) is 2.00. The number of rotatable bonds is 2. The van der Waals surface area contributed by atoms with Gasteiger partial charge in [-0.1, -0.05) is 6.07 Å². The number of nitrogens with zero attached hydrogens (tertiary/aromatic N) is 3. The minimum absolute atomic E-state index is 0.169. The van der Waals surface area contributed by atoms with Crippen molar-refractivity contribution in [3.63, 3.8) is 0 Å². The molecule has 0 atom stereocenters. The van der Waals surface area contributed by atoms with Crippen LogP contribution in [0.25, 0.3) is 5.82 Å². The first-order valence-electron chi connectivity index (χ1n) is 7.38. The number of halogens is 6. The van der Waals surface area contributed by atoms with Crippen molar-refractivity contribution in [2.45, 2.75) is 38.7 Å². The van der Waals surface area contributed by atoms with Crippen LogP contribution in [0.1, 0.15) is 32.2 Å². The van der Waals surface area contributed by atoms with Gasteiger partial charge in [0.15, 0.2) is 11.5 Å². The molecule has 0 aliphatic heterocycles. The molecular weight excluding hydrogens is 382 g/mol. The highest BCUT2D eigenvalue weighted by Gasteiger charge is 2.40. The first-order chi connectivity index (χ1) is 12.2. The predicted molar refractivity (Wildman–Crippen MR) is 81.2 cm³/mol. The molecule has 148 valence electrons. The van der Waals surface area contributed by atoms with Crippen molar-refractivity contribution in [2.24, 2.45) is 0 Å². The van der Waals surface area contributed by atoms with Gasteiger partial charge in [0.05, 0.1) is 11.9 Å². The van der Waals surface area contributed by atoms with Crippen LogP contribution >= 0.6 is 0 Å². The molecular formula is C15H14F6N4O2. The Morgan fingerprint density at radius 3 is 2.22 bits per heavy atom. The fourth-order valence-electron chi connectivity index (χ4n) is 2.00. The monoisotopic (exact) mass is 396 g/mol. The van der Waals surface area contributed by atoms with E-state index in [1.54, 1.807) is 0 Å². The molecule has 1 amide bonds. The molecule has 0 unspecified atom stereocenters. The number of carbonyl (C=O) groups is 1. The lowest BCUT2D eigenvalue weighted by Crippen LogP contribution is -2.28. The predicted octanol–water partition coefficient (Wildman–Crippen LogP) is 4.65. The summed E-state index contributed by atoms with van der Waals surface area (Å²) in [4.78, 5) is 14.9. The van der Waals surface area contributed by atoms with Gasteiger partial charge >= 0.3 is 18.4 Å². The van der Waals surface area contributed by atoms with Gasteiger partial charge in [0, 0.05) is 0 Å². The summed E-state index contributed by atoms with van der Waals surface area (Å²) in [6.45, 7) is 4.52. The van der Waals surface area contributed by atoms with E-state index in [2.05, 4.69) is 10.1 Å². The van der Waals surface area contributed by atoms with Crippen LogP contribution in [0.3, 0.4) is 0 Å². The molecule has 0 fully saturated rings. The number of aromatic nitrogens is 3. The summed E-state index contributed by atoms with van der Waals surface area (Å²) in [6.07, 6.45) is -10.4. The van der Waals surface area contributed by atoms with Crippen LogP contribution in [-0.4, -0.2) is 26.5 Å². The lowest BCUT2D eigenvalue weighted by molar-refractivity contribution is -0.142. The SMILES string of the molecule is CC(C)(C)OC(=O)Nc1cnn(-c2cccc(C(F)(F)F)n2)c1C(F)(F)F. The Labute approximate surface area is 149 Å². The number of hydrogen-bond acceptors (Lipinski definition) is 4. The Bertz CT molecular complexity index is 836. The third kappa shape index (κ3) is 5.11. The van der Waals surface area contributed by atoms with Gasteiger partial charge in [0.25, 0.3) is 0 Å². The zero-order valence-corrected chi connectivity index (χ0v) is 14.2. The van der Waals surface area contributed by atoms with Crippen LogP contribution in [-0.2, 0) is 17.1 Å². The third-order valence-corrected chi connectivity index (χ3v) is 2.92. The maximum Gasteiger partial charge on any atom is 0.435 e. The number of amides is 1. The molecule has 0 spiro atoms. The summed E-state index contributed by atoms with van der Waals surface area (Å²) in [5.41, 5.74) is -4.64. The van der Waals surface area contributed by atoms with Crippen molar-refractivity contribution >= 4 is 11.8 Å². The van der Waals surface area contributed by atoms with E-state index < -0.39 is 46.9 Å². The molecule has 2 rings (SSSR count). The summed E-state index contributed by atoms with van der Waals surface area (Å²) in [6, 6.07) is 2.43. The zero-order chi connectivity index (χ0) is 20.6. The summed E-state index contributed by atoms with van der Waals surface area (Å²) in [5, 5.41) is 5.32. The van der Waals surface area contributed by atoms with Gasteiger partial charge in [0.1, 0.15) is 11.3 Å². The first kappa shape index (κ1) is 20.5. The molecule has 0 saturated heterocycles. The van der Waals surface area contributed by atoms with E-state index in [4.69, 9.17) is 4.74 Å². The first-order valence-corrected chi connectivity index (χ1v) is 7.38. The average Bonchev–Trinajstić information content (AvgIpc) is 2.88. The van der Waals surface area contributed by atoms with Crippen LogP contribution in [0.4, 0.5) is 36.8 Å². The molecule has 0 bridgehead atoms. The molecule has 6 nitrogen and oxygen atoms in total. The quantitative estimate of drug-likeness (QED) is 0.751. The van der Waals surface area contributed by atoms with Gasteiger partial charge in [-0.25, -0.2) is 14.5 Å². The molecule has 0 aromatic carbocycles.